The zero-order valence-electron chi connectivity index (χ0n) is 16.1. The lowest BCUT2D eigenvalue weighted by Crippen LogP contribution is -2.52. The highest BCUT2D eigenvalue weighted by Gasteiger charge is 2.35. The molecule has 0 aliphatic carbocycles. The van der Waals surface area contributed by atoms with E-state index in [1.54, 1.807) is 36.4 Å². The van der Waals surface area contributed by atoms with Crippen LogP contribution in [-0.4, -0.2) is 51.9 Å². The number of carbonyl (C=O) groups is 3. The molecule has 1 aliphatic heterocycles. The highest BCUT2D eigenvalue weighted by atomic mass is 79.9. The first-order valence-corrected chi connectivity index (χ1v) is 9.95. The van der Waals surface area contributed by atoms with E-state index in [1.165, 1.54) is 36.0 Å². The number of thiocarbonyl (C=S) groups is 1. The van der Waals surface area contributed by atoms with Gasteiger partial charge in [0.2, 0.25) is 0 Å². The van der Waals surface area contributed by atoms with Gasteiger partial charge in [0.1, 0.15) is 17.9 Å². The van der Waals surface area contributed by atoms with E-state index in [-0.39, 0.29) is 22.9 Å². The molecule has 0 radical (unpaired) electrons. The highest BCUT2D eigenvalue weighted by Crippen LogP contribution is 2.28. The van der Waals surface area contributed by atoms with E-state index in [2.05, 4.69) is 15.9 Å². The predicted octanol–water partition coefficient (Wildman–Crippen LogP) is 3.33. The Morgan fingerprint density at radius 1 is 1.13 bits per heavy atom. The van der Waals surface area contributed by atoms with Crippen molar-refractivity contribution in [1.82, 2.24) is 9.80 Å². The molecule has 7 nitrogen and oxygen atoms in total. The second-order valence-electron chi connectivity index (χ2n) is 6.55. The fourth-order valence-corrected chi connectivity index (χ4v) is 3.50. The van der Waals surface area contributed by atoms with E-state index in [1.807, 2.05) is 0 Å². The molecule has 0 bridgehead atoms. The standard InChI is InChI=1S/C21H17BrN2O5S/c1-23-18(25)15(19(26)24(2)21(23)30)9-12-6-7-17(16(22)10-12)29-11-13-4-3-5-14(8-13)20(27)28/h3-10H,11H2,1-2H3,(H,27,28). The van der Waals surface area contributed by atoms with Crippen molar-refractivity contribution in [2.75, 3.05) is 14.1 Å². The van der Waals surface area contributed by atoms with Gasteiger partial charge in [-0.05, 0) is 69.6 Å². The smallest absolute Gasteiger partial charge is 0.335 e. The largest absolute Gasteiger partial charge is 0.488 e. The number of carboxylic acids is 1. The topological polar surface area (TPSA) is 87.1 Å². The monoisotopic (exact) mass is 488 g/mol. The van der Waals surface area contributed by atoms with Gasteiger partial charge in [-0.2, -0.15) is 0 Å². The molecular weight excluding hydrogens is 472 g/mol. The number of hydrogen-bond donors (Lipinski definition) is 1. The summed E-state index contributed by atoms with van der Waals surface area (Å²) in [5.74, 6) is -1.38. The molecule has 0 aromatic heterocycles. The number of likely N-dealkylation sites (N-methyl/N-ethyl adjacent to an activating group) is 2. The molecule has 30 heavy (non-hydrogen) atoms. The van der Waals surface area contributed by atoms with E-state index in [4.69, 9.17) is 22.1 Å². The van der Waals surface area contributed by atoms with E-state index in [0.29, 0.717) is 21.3 Å². The van der Waals surface area contributed by atoms with Crippen LogP contribution in [0.1, 0.15) is 21.5 Å². The lowest BCUT2D eigenvalue weighted by molar-refractivity contribution is -0.132. The van der Waals surface area contributed by atoms with Crippen LogP contribution in [0.25, 0.3) is 6.08 Å². The van der Waals surface area contributed by atoms with Crippen molar-refractivity contribution in [2.24, 2.45) is 0 Å². The van der Waals surface area contributed by atoms with Crippen molar-refractivity contribution in [2.45, 2.75) is 6.61 Å². The molecule has 1 heterocycles. The quantitative estimate of drug-likeness (QED) is 0.394. The number of benzene rings is 2. The van der Waals surface area contributed by atoms with Crippen molar-refractivity contribution < 1.29 is 24.2 Å². The molecule has 154 valence electrons. The Balaban J connectivity index is 1.78. The third-order valence-electron chi connectivity index (χ3n) is 4.48. The number of carboxylic acid groups (broad SMARTS) is 1. The Hall–Kier alpha value is -3.04. The lowest BCUT2D eigenvalue weighted by Gasteiger charge is -2.31. The van der Waals surface area contributed by atoms with E-state index < -0.39 is 17.8 Å². The number of carbonyl (C=O) groups excluding carboxylic acids is 2. The van der Waals surface area contributed by atoms with Crippen LogP contribution in [0.2, 0.25) is 0 Å². The Bertz CT molecular complexity index is 1070. The molecule has 1 N–H and O–H groups in total. The SMILES string of the molecule is CN1C(=O)C(=Cc2ccc(OCc3cccc(C(=O)O)c3)c(Br)c2)C(=O)N(C)C1=S. The first-order chi connectivity index (χ1) is 14.2. The first kappa shape index (κ1) is 21.7. The fraction of sp³-hybridized carbons (Fsp3) is 0.143. The first-order valence-electron chi connectivity index (χ1n) is 8.75. The summed E-state index contributed by atoms with van der Waals surface area (Å²) in [5, 5.41) is 9.23. The van der Waals surface area contributed by atoms with Gasteiger partial charge in [0.15, 0.2) is 5.11 Å². The minimum atomic E-state index is -1.00. The molecule has 1 saturated heterocycles. The van der Waals surface area contributed by atoms with Crippen LogP contribution >= 0.6 is 28.1 Å². The lowest BCUT2D eigenvalue weighted by atomic mass is 10.1. The van der Waals surface area contributed by atoms with Crippen molar-refractivity contribution in [3.8, 4) is 5.75 Å². The zero-order chi connectivity index (χ0) is 22.0. The van der Waals surface area contributed by atoms with Gasteiger partial charge in [-0.3, -0.25) is 19.4 Å². The average Bonchev–Trinajstić information content (AvgIpc) is 2.73. The van der Waals surface area contributed by atoms with Crippen LogP contribution in [-0.2, 0) is 16.2 Å². The minimum absolute atomic E-state index is 0.0136. The van der Waals surface area contributed by atoms with Gasteiger partial charge in [-0.25, -0.2) is 4.79 Å². The molecule has 2 amide bonds. The Labute approximate surface area is 186 Å². The average molecular weight is 489 g/mol. The van der Waals surface area contributed by atoms with Gasteiger partial charge in [0, 0.05) is 14.1 Å². The van der Waals surface area contributed by atoms with Gasteiger partial charge in [-0.1, -0.05) is 18.2 Å². The van der Waals surface area contributed by atoms with Gasteiger partial charge in [-0.15, -0.1) is 0 Å². The second kappa shape index (κ2) is 8.76. The number of halogens is 1. The highest BCUT2D eigenvalue weighted by molar-refractivity contribution is 9.10. The number of nitrogens with zero attached hydrogens (tertiary/aromatic N) is 2. The summed E-state index contributed by atoms with van der Waals surface area (Å²) < 4.78 is 6.39. The number of ether oxygens (including phenoxy) is 1. The van der Waals surface area contributed by atoms with Crippen molar-refractivity contribution >= 4 is 57.1 Å². The maximum atomic E-state index is 12.4. The zero-order valence-corrected chi connectivity index (χ0v) is 18.5. The van der Waals surface area contributed by atoms with Crippen LogP contribution < -0.4 is 4.74 Å². The van der Waals surface area contributed by atoms with Crippen LogP contribution in [0.5, 0.6) is 5.75 Å². The summed E-state index contributed by atoms with van der Waals surface area (Å²) in [5.41, 5.74) is 1.55. The molecule has 0 saturated carbocycles. The van der Waals surface area contributed by atoms with E-state index >= 15 is 0 Å². The van der Waals surface area contributed by atoms with Crippen molar-refractivity contribution in [1.29, 1.82) is 0 Å². The molecular formula is C21H17BrN2O5S. The van der Waals surface area contributed by atoms with Crippen LogP contribution in [0.3, 0.4) is 0 Å². The summed E-state index contributed by atoms with van der Waals surface area (Å²) in [6, 6.07) is 11.6. The summed E-state index contributed by atoms with van der Waals surface area (Å²) in [6.07, 6.45) is 1.50. The van der Waals surface area contributed by atoms with Gasteiger partial charge < -0.3 is 9.84 Å². The Kier molecular flexibility index (Phi) is 6.33. The summed E-state index contributed by atoms with van der Waals surface area (Å²) in [4.78, 5) is 38.4. The summed E-state index contributed by atoms with van der Waals surface area (Å²) >= 11 is 8.51. The molecule has 0 unspecified atom stereocenters. The second-order valence-corrected chi connectivity index (χ2v) is 7.77. The third-order valence-corrected chi connectivity index (χ3v) is 5.65. The van der Waals surface area contributed by atoms with Crippen molar-refractivity contribution in [3.63, 3.8) is 0 Å². The van der Waals surface area contributed by atoms with Gasteiger partial charge in [0.05, 0.1) is 10.0 Å². The Morgan fingerprint density at radius 2 is 1.80 bits per heavy atom. The molecule has 2 aromatic carbocycles. The number of aromatic carboxylic acids is 1. The molecule has 0 spiro atoms. The molecule has 2 aromatic rings. The molecule has 1 fully saturated rings. The number of rotatable bonds is 5. The molecule has 0 atom stereocenters. The van der Waals surface area contributed by atoms with Crippen LogP contribution in [0.15, 0.2) is 52.5 Å². The van der Waals surface area contributed by atoms with Gasteiger partial charge in [0.25, 0.3) is 11.8 Å². The Morgan fingerprint density at radius 3 is 2.40 bits per heavy atom. The minimum Gasteiger partial charge on any atom is -0.488 e. The normalized spacial score (nSPS) is 14.2. The van der Waals surface area contributed by atoms with Gasteiger partial charge >= 0.3 is 5.97 Å². The molecule has 9 heteroatoms. The number of amides is 2. The van der Waals surface area contributed by atoms with Crippen LogP contribution in [0.4, 0.5) is 0 Å². The van der Waals surface area contributed by atoms with E-state index in [0.717, 1.165) is 0 Å². The molecule has 1 aliphatic rings. The van der Waals surface area contributed by atoms with Crippen molar-refractivity contribution in [3.05, 3.63) is 69.2 Å². The number of hydrogen-bond acceptors (Lipinski definition) is 5. The molecule has 3 rings (SSSR count). The maximum absolute atomic E-state index is 12.4. The third kappa shape index (κ3) is 4.42. The van der Waals surface area contributed by atoms with E-state index in [9.17, 15) is 14.4 Å². The maximum Gasteiger partial charge on any atom is 0.335 e. The summed E-state index contributed by atoms with van der Waals surface area (Å²) in [6.45, 7) is 0.185. The summed E-state index contributed by atoms with van der Waals surface area (Å²) in [7, 11) is 3.04. The van der Waals surface area contributed by atoms with Crippen LogP contribution in [0, 0.1) is 0 Å². The predicted molar refractivity (Wildman–Crippen MR) is 118 cm³/mol. The fourth-order valence-electron chi connectivity index (χ4n) is 2.82.